The molecule has 0 amide bonds. The zero-order valence-electron chi connectivity index (χ0n) is 9.93. The van der Waals surface area contributed by atoms with Gasteiger partial charge in [-0.05, 0) is 12.6 Å². The number of aliphatic hydroxyl groups is 1. The lowest BCUT2D eigenvalue weighted by molar-refractivity contribution is -0.384. The van der Waals surface area contributed by atoms with Crippen molar-refractivity contribution in [2.24, 2.45) is 0 Å². The molecule has 0 saturated heterocycles. The summed E-state index contributed by atoms with van der Waals surface area (Å²) in [4.78, 5) is 10.1. The zero-order valence-corrected chi connectivity index (χ0v) is 10.7. The Bertz CT molecular complexity index is 414. The number of non-ortho nitro benzene ring substituents is 1. The van der Waals surface area contributed by atoms with Crippen molar-refractivity contribution in [2.45, 2.75) is 13.0 Å². The fourth-order valence-electron chi connectivity index (χ4n) is 1.27. The van der Waals surface area contributed by atoms with E-state index in [1.807, 2.05) is 6.92 Å². The van der Waals surface area contributed by atoms with Crippen molar-refractivity contribution in [3.63, 3.8) is 0 Å². The lowest BCUT2D eigenvalue weighted by Gasteiger charge is -2.13. The van der Waals surface area contributed by atoms with E-state index in [0.717, 1.165) is 6.54 Å². The summed E-state index contributed by atoms with van der Waals surface area (Å²) in [7, 11) is 0. The van der Waals surface area contributed by atoms with Crippen LogP contribution in [0.4, 0.5) is 5.69 Å². The average Bonchev–Trinajstić information content (AvgIpc) is 2.35. The van der Waals surface area contributed by atoms with Gasteiger partial charge in [0.15, 0.2) is 0 Å². The number of rotatable bonds is 7. The molecule has 7 heteroatoms. The number of nitrogens with one attached hydrogen (secondary N) is 1. The second kappa shape index (κ2) is 7.15. The fraction of sp³-hybridized carbons (Fsp3) is 0.455. The van der Waals surface area contributed by atoms with Gasteiger partial charge in [-0.25, -0.2) is 0 Å². The molecule has 1 aromatic rings. The monoisotopic (exact) mass is 274 g/mol. The van der Waals surface area contributed by atoms with E-state index in [9.17, 15) is 15.2 Å². The molecule has 0 saturated carbocycles. The minimum atomic E-state index is -0.694. The van der Waals surface area contributed by atoms with Crippen LogP contribution in [-0.4, -0.2) is 35.8 Å². The van der Waals surface area contributed by atoms with E-state index in [0.29, 0.717) is 6.54 Å². The predicted molar refractivity (Wildman–Crippen MR) is 68.2 cm³/mol. The van der Waals surface area contributed by atoms with Crippen LogP contribution in [0.3, 0.4) is 0 Å². The molecule has 2 N–H and O–H groups in total. The first kappa shape index (κ1) is 14.7. The molecule has 0 aliphatic carbocycles. The van der Waals surface area contributed by atoms with E-state index in [-0.39, 0.29) is 23.1 Å². The number of likely N-dealkylation sites (N-methyl/N-ethyl adjacent to an activating group) is 1. The normalized spacial score (nSPS) is 12.2. The van der Waals surface area contributed by atoms with E-state index < -0.39 is 11.0 Å². The Morgan fingerprint density at radius 2 is 2.33 bits per heavy atom. The van der Waals surface area contributed by atoms with E-state index in [1.54, 1.807) is 0 Å². The maximum Gasteiger partial charge on any atom is 0.273 e. The Morgan fingerprint density at radius 1 is 1.61 bits per heavy atom. The van der Waals surface area contributed by atoms with Crippen LogP contribution in [0.1, 0.15) is 6.92 Å². The molecule has 0 radical (unpaired) electrons. The van der Waals surface area contributed by atoms with Crippen molar-refractivity contribution in [1.82, 2.24) is 5.32 Å². The molecule has 0 spiro atoms. The van der Waals surface area contributed by atoms with Crippen molar-refractivity contribution < 1.29 is 14.8 Å². The summed E-state index contributed by atoms with van der Waals surface area (Å²) >= 11 is 5.84. The molecule has 0 heterocycles. The molecule has 1 unspecified atom stereocenters. The third kappa shape index (κ3) is 4.48. The van der Waals surface area contributed by atoms with Crippen LogP contribution in [-0.2, 0) is 0 Å². The molecule has 0 aliphatic rings. The first-order chi connectivity index (χ1) is 8.54. The number of halogens is 1. The quantitative estimate of drug-likeness (QED) is 0.583. The maximum absolute atomic E-state index is 10.6. The standard InChI is InChI=1S/C11H15ClN2O4/c1-2-13-6-9(15)7-18-11-5-8(14(16)17)3-4-10(11)12/h3-5,9,13,15H,2,6-7H2,1H3. The fourth-order valence-corrected chi connectivity index (χ4v) is 1.44. The molecule has 6 nitrogen and oxygen atoms in total. The number of aliphatic hydroxyl groups excluding tert-OH is 1. The lowest BCUT2D eigenvalue weighted by Crippen LogP contribution is -2.31. The van der Waals surface area contributed by atoms with E-state index in [2.05, 4.69) is 5.32 Å². The number of nitrogens with zero attached hydrogens (tertiary/aromatic N) is 1. The summed E-state index contributed by atoms with van der Waals surface area (Å²) < 4.78 is 5.26. The maximum atomic E-state index is 10.6. The number of hydrogen-bond acceptors (Lipinski definition) is 5. The Labute approximate surface area is 110 Å². The molecule has 0 fully saturated rings. The molecule has 1 rings (SSSR count). The third-order valence-corrected chi connectivity index (χ3v) is 2.50. The highest BCUT2D eigenvalue weighted by Gasteiger charge is 2.12. The van der Waals surface area contributed by atoms with Gasteiger partial charge >= 0.3 is 0 Å². The number of nitro benzene ring substituents is 1. The van der Waals surface area contributed by atoms with Crippen molar-refractivity contribution in [3.8, 4) is 5.75 Å². The Balaban J connectivity index is 2.60. The third-order valence-electron chi connectivity index (χ3n) is 2.19. The van der Waals surface area contributed by atoms with Gasteiger partial charge in [-0.2, -0.15) is 0 Å². The zero-order chi connectivity index (χ0) is 13.5. The summed E-state index contributed by atoms with van der Waals surface area (Å²) in [5.41, 5.74) is -0.101. The SMILES string of the molecule is CCNCC(O)COc1cc([N+](=O)[O-])ccc1Cl. The van der Waals surface area contributed by atoms with Crippen LogP contribution < -0.4 is 10.1 Å². The molecule has 1 atom stereocenters. The average molecular weight is 275 g/mol. The van der Waals surface area contributed by atoms with Crippen molar-refractivity contribution in [2.75, 3.05) is 19.7 Å². The van der Waals surface area contributed by atoms with Crippen LogP contribution in [0.25, 0.3) is 0 Å². The predicted octanol–water partition coefficient (Wildman–Crippen LogP) is 1.60. The summed E-state index contributed by atoms with van der Waals surface area (Å²) in [5, 5.41) is 23.4. The van der Waals surface area contributed by atoms with Crippen molar-refractivity contribution in [1.29, 1.82) is 0 Å². The highest BCUT2D eigenvalue weighted by atomic mass is 35.5. The Morgan fingerprint density at radius 3 is 2.94 bits per heavy atom. The van der Waals surface area contributed by atoms with E-state index >= 15 is 0 Å². The number of nitro groups is 1. The first-order valence-electron chi connectivity index (χ1n) is 5.50. The van der Waals surface area contributed by atoms with Crippen LogP contribution in [0.15, 0.2) is 18.2 Å². The second-order valence-electron chi connectivity index (χ2n) is 3.64. The van der Waals surface area contributed by atoms with Crippen LogP contribution in [0.2, 0.25) is 5.02 Å². The summed E-state index contributed by atoms with van der Waals surface area (Å²) in [6.07, 6.45) is -0.694. The second-order valence-corrected chi connectivity index (χ2v) is 4.05. The summed E-state index contributed by atoms with van der Waals surface area (Å²) in [6.45, 7) is 3.08. The van der Waals surface area contributed by atoms with E-state index in [4.69, 9.17) is 16.3 Å². The van der Waals surface area contributed by atoms with Crippen molar-refractivity contribution in [3.05, 3.63) is 33.3 Å². The van der Waals surface area contributed by atoms with Gasteiger partial charge in [0.05, 0.1) is 16.0 Å². The van der Waals surface area contributed by atoms with Crippen molar-refractivity contribution >= 4 is 17.3 Å². The van der Waals surface area contributed by atoms with Crippen LogP contribution in [0.5, 0.6) is 5.75 Å². The number of ether oxygens (including phenoxy) is 1. The van der Waals surface area contributed by atoms with Gasteiger partial charge in [0.2, 0.25) is 0 Å². The number of benzene rings is 1. The minimum absolute atomic E-state index is 0.0217. The van der Waals surface area contributed by atoms with Gasteiger partial charge in [0, 0.05) is 12.6 Å². The minimum Gasteiger partial charge on any atom is -0.489 e. The van der Waals surface area contributed by atoms with Gasteiger partial charge in [-0.1, -0.05) is 18.5 Å². The molecular weight excluding hydrogens is 260 g/mol. The molecule has 0 bridgehead atoms. The molecular formula is C11H15ClN2O4. The lowest BCUT2D eigenvalue weighted by atomic mass is 10.3. The molecule has 18 heavy (non-hydrogen) atoms. The molecule has 0 aliphatic heterocycles. The topological polar surface area (TPSA) is 84.6 Å². The molecule has 0 aromatic heterocycles. The van der Waals surface area contributed by atoms with Gasteiger partial charge in [-0.15, -0.1) is 0 Å². The Kier molecular flexibility index (Phi) is 5.84. The largest absolute Gasteiger partial charge is 0.489 e. The van der Waals surface area contributed by atoms with Crippen LogP contribution >= 0.6 is 11.6 Å². The highest BCUT2D eigenvalue weighted by molar-refractivity contribution is 6.32. The van der Waals surface area contributed by atoms with Gasteiger partial charge in [0.25, 0.3) is 5.69 Å². The Hall–Kier alpha value is -1.37. The van der Waals surface area contributed by atoms with E-state index in [1.165, 1.54) is 18.2 Å². The summed E-state index contributed by atoms with van der Waals surface area (Å²) in [5.74, 6) is 0.196. The summed E-state index contributed by atoms with van der Waals surface area (Å²) in [6, 6.07) is 3.93. The van der Waals surface area contributed by atoms with Gasteiger partial charge < -0.3 is 15.2 Å². The molecule has 100 valence electrons. The smallest absolute Gasteiger partial charge is 0.273 e. The van der Waals surface area contributed by atoms with Crippen LogP contribution in [0, 0.1) is 10.1 Å². The van der Waals surface area contributed by atoms with Gasteiger partial charge in [0.1, 0.15) is 18.5 Å². The first-order valence-corrected chi connectivity index (χ1v) is 5.88. The highest BCUT2D eigenvalue weighted by Crippen LogP contribution is 2.28. The molecule has 1 aromatic carbocycles. The number of hydrogen-bond donors (Lipinski definition) is 2. The van der Waals surface area contributed by atoms with Gasteiger partial charge in [-0.3, -0.25) is 10.1 Å².